The fourth-order valence-electron chi connectivity index (χ4n) is 1.49. The van der Waals surface area contributed by atoms with Crippen molar-refractivity contribution in [2.75, 3.05) is 0 Å². The minimum atomic E-state index is -0.586. The van der Waals surface area contributed by atoms with Crippen LogP contribution in [0.15, 0.2) is 12.1 Å². The van der Waals surface area contributed by atoms with E-state index in [1.165, 1.54) is 0 Å². The van der Waals surface area contributed by atoms with Gasteiger partial charge in [0.15, 0.2) is 0 Å². The fraction of sp³-hybridized carbons (Fsp3) is 0.333. The van der Waals surface area contributed by atoms with Crippen LogP contribution in [0.2, 0.25) is 0 Å². The summed E-state index contributed by atoms with van der Waals surface area (Å²) in [6, 6.07) is 3.15. The summed E-state index contributed by atoms with van der Waals surface area (Å²) in [7, 11) is 0. The standard InChI is InChI=1S/C15H16O3/c1-6-11-7-12(9-16)10(2)13(8-11)14(17)18-15(3,4)5/h1,7-9H,2-5H3. The Morgan fingerprint density at radius 3 is 2.44 bits per heavy atom. The number of carbonyl (C=O) groups is 2. The Bertz CT molecular complexity index is 528. The lowest BCUT2D eigenvalue weighted by Crippen LogP contribution is -2.24. The molecule has 0 atom stereocenters. The third-order valence-corrected chi connectivity index (χ3v) is 2.36. The van der Waals surface area contributed by atoms with Gasteiger partial charge in [0.1, 0.15) is 11.9 Å². The smallest absolute Gasteiger partial charge is 0.338 e. The molecule has 1 aromatic rings. The van der Waals surface area contributed by atoms with Crippen LogP contribution in [0.1, 0.15) is 52.6 Å². The predicted octanol–water partition coefficient (Wildman–Crippen LogP) is 2.74. The molecule has 0 heterocycles. The summed E-state index contributed by atoms with van der Waals surface area (Å²) < 4.78 is 5.28. The van der Waals surface area contributed by atoms with Gasteiger partial charge in [-0.1, -0.05) is 5.92 Å². The van der Waals surface area contributed by atoms with E-state index >= 15 is 0 Å². The quantitative estimate of drug-likeness (QED) is 0.456. The second kappa shape index (κ2) is 5.05. The minimum absolute atomic E-state index is 0.336. The number of aldehydes is 1. The largest absolute Gasteiger partial charge is 0.456 e. The zero-order valence-corrected chi connectivity index (χ0v) is 11.0. The van der Waals surface area contributed by atoms with Crippen LogP contribution in [-0.4, -0.2) is 17.9 Å². The first-order chi connectivity index (χ1) is 8.28. The average molecular weight is 244 g/mol. The molecule has 0 bridgehead atoms. The van der Waals surface area contributed by atoms with Gasteiger partial charge in [-0.05, 0) is 45.4 Å². The highest BCUT2D eigenvalue weighted by Crippen LogP contribution is 2.19. The number of terminal acetylenes is 1. The molecular weight excluding hydrogens is 228 g/mol. The maximum absolute atomic E-state index is 12.0. The first-order valence-corrected chi connectivity index (χ1v) is 5.58. The molecule has 18 heavy (non-hydrogen) atoms. The molecule has 1 rings (SSSR count). The summed E-state index contributed by atoms with van der Waals surface area (Å²) in [5.74, 6) is 1.95. The van der Waals surface area contributed by atoms with Crippen LogP contribution < -0.4 is 0 Å². The van der Waals surface area contributed by atoms with Crippen LogP contribution >= 0.6 is 0 Å². The number of carbonyl (C=O) groups excluding carboxylic acids is 2. The molecule has 0 N–H and O–H groups in total. The van der Waals surface area contributed by atoms with Crippen LogP contribution in [0.5, 0.6) is 0 Å². The van der Waals surface area contributed by atoms with Crippen molar-refractivity contribution in [1.29, 1.82) is 0 Å². The zero-order valence-electron chi connectivity index (χ0n) is 11.0. The fourth-order valence-corrected chi connectivity index (χ4v) is 1.49. The predicted molar refractivity (Wildman–Crippen MR) is 69.7 cm³/mol. The molecule has 94 valence electrons. The van der Waals surface area contributed by atoms with Gasteiger partial charge in [-0.3, -0.25) is 4.79 Å². The topological polar surface area (TPSA) is 43.4 Å². The van der Waals surface area contributed by atoms with E-state index in [2.05, 4.69) is 5.92 Å². The molecule has 0 aliphatic carbocycles. The van der Waals surface area contributed by atoms with E-state index in [-0.39, 0.29) is 0 Å². The molecule has 3 heteroatoms. The molecular formula is C15H16O3. The summed E-state index contributed by atoms with van der Waals surface area (Å²) in [5.41, 5.74) is 1.23. The van der Waals surface area contributed by atoms with Gasteiger partial charge >= 0.3 is 5.97 Å². The van der Waals surface area contributed by atoms with Crippen molar-refractivity contribution in [2.45, 2.75) is 33.3 Å². The van der Waals surface area contributed by atoms with E-state index in [9.17, 15) is 9.59 Å². The highest BCUT2D eigenvalue weighted by atomic mass is 16.6. The number of hydrogen-bond donors (Lipinski definition) is 0. The van der Waals surface area contributed by atoms with Gasteiger partial charge in [0, 0.05) is 11.1 Å². The van der Waals surface area contributed by atoms with Crippen molar-refractivity contribution in [3.8, 4) is 12.3 Å². The maximum atomic E-state index is 12.0. The van der Waals surface area contributed by atoms with Gasteiger partial charge in [0.05, 0.1) is 5.56 Å². The van der Waals surface area contributed by atoms with E-state index in [1.807, 2.05) is 0 Å². The van der Waals surface area contributed by atoms with Crippen molar-refractivity contribution in [2.24, 2.45) is 0 Å². The SMILES string of the molecule is C#Cc1cc(C=O)c(C)c(C(=O)OC(C)(C)C)c1. The number of hydrogen-bond acceptors (Lipinski definition) is 3. The maximum Gasteiger partial charge on any atom is 0.338 e. The van der Waals surface area contributed by atoms with Gasteiger partial charge in [-0.2, -0.15) is 0 Å². The molecule has 0 aromatic heterocycles. The molecule has 0 fully saturated rings. The summed E-state index contributed by atoms with van der Waals surface area (Å²) in [6.45, 7) is 7.05. The summed E-state index contributed by atoms with van der Waals surface area (Å²) >= 11 is 0. The first-order valence-electron chi connectivity index (χ1n) is 5.58. The Balaban J connectivity index is 3.28. The highest BCUT2D eigenvalue weighted by molar-refractivity contribution is 5.95. The monoisotopic (exact) mass is 244 g/mol. The molecule has 1 aromatic carbocycles. The normalized spacial score (nSPS) is 10.6. The molecule has 0 spiro atoms. The first kappa shape index (κ1) is 14.0. The summed E-state index contributed by atoms with van der Waals surface area (Å²) in [6.07, 6.45) is 5.99. The molecule has 0 aliphatic heterocycles. The molecule has 0 aliphatic rings. The summed E-state index contributed by atoms with van der Waals surface area (Å²) in [4.78, 5) is 22.9. The third-order valence-electron chi connectivity index (χ3n) is 2.36. The Morgan fingerprint density at radius 1 is 1.39 bits per heavy atom. The van der Waals surface area contributed by atoms with Crippen molar-refractivity contribution < 1.29 is 14.3 Å². The van der Waals surface area contributed by atoms with E-state index in [0.717, 1.165) is 0 Å². The zero-order chi connectivity index (χ0) is 13.9. The van der Waals surface area contributed by atoms with Crippen molar-refractivity contribution >= 4 is 12.3 Å². The molecule has 0 saturated carbocycles. The lowest BCUT2D eigenvalue weighted by Gasteiger charge is -2.20. The van der Waals surface area contributed by atoms with Crippen LogP contribution in [0, 0.1) is 19.3 Å². The average Bonchev–Trinajstić information content (AvgIpc) is 2.27. The van der Waals surface area contributed by atoms with Crippen LogP contribution in [0.25, 0.3) is 0 Å². The Kier molecular flexibility index (Phi) is 3.93. The van der Waals surface area contributed by atoms with E-state index in [1.54, 1.807) is 39.8 Å². The minimum Gasteiger partial charge on any atom is -0.456 e. The van der Waals surface area contributed by atoms with E-state index in [0.29, 0.717) is 28.5 Å². The lowest BCUT2D eigenvalue weighted by molar-refractivity contribution is 0.00687. The van der Waals surface area contributed by atoms with E-state index < -0.39 is 11.6 Å². The highest BCUT2D eigenvalue weighted by Gasteiger charge is 2.20. The van der Waals surface area contributed by atoms with Crippen molar-refractivity contribution in [3.05, 3.63) is 34.4 Å². The second-order valence-corrected chi connectivity index (χ2v) is 5.00. The van der Waals surface area contributed by atoms with Gasteiger partial charge in [0.25, 0.3) is 0 Å². The molecule has 3 nitrogen and oxygen atoms in total. The van der Waals surface area contributed by atoms with Crippen molar-refractivity contribution in [1.82, 2.24) is 0 Å². The van der Waals surface area contributed by atoms with Gasteiger partial charge in [0.2, 0.25) is 0 Å². The molecule has 0 saturated heterocycles. The Labute approximate surface area is 107 Å². The van der Waals surface area contributed by atoms with Crippen molar-refractivity contribution in [3.63, 3.8) is 0 Å². The summed E-state index contributed by atoms with van der Waals surface area (Å²) in [5, 5.41) is 0. The van der Waals surface area contributed by atoms with Crippen LogP contribution in [0.3, 0.4) is 0 Å². The Morgan fingerprint density at radius 2 is 2.00 bits per heavy atom. The molecule has 0 radical (unpaired) electrons. The van der Waals surface area contributed by atoms with Gasteiger partial charge in [-0.15, -0.1) is 6.42 Å². The van der Waals surface area contributed by atoms with Crippen LogP contribution in [0.4, 0.5) is 0 Å². The Hall–Kier alpha value is -2.08. The number of esters is 1. The third kappa shape index (κ3) is 3.21. The number of ether oxygens (including phenoxy) is 1. The second-order valence-electron chi connectivity index (χ2n) is 5.00. The van der Waals surface area contributed by atoms with Gasteiger partial charge in [-0.25, -0.2) is 4.79 Å². The number of rotatable bonds is 2. The van der Waals surface area contributed by atoms with Gasteiger partial charge < -0.3 is 4.74 Å². The molecule has 0 amide bonds. The molecule has 0 unspecified atom stereocenters. The van der Waals surface area contributed by atoms with E-state index in [4.69, 9.17) is 11.2 Å². The number of benzene rings is 1. The van der Waals surface area contributed by atoms with Crippen LogP contribution in [-0.2, 0) is 4.74 Å². The lowest BCUT2D eigenvalue weighted by atomic mass is 9.99.